The molecular weight excluding hydrogens is 94.0 g/mol. The van der Waals surface area contributed by atoms with Crippen LogP contribution in [-0.2, 0) is 9.53 Å². The lowest BCUT2D eigenvalue weighted by Crippen LogP contribution is -2.15. The zero-order chi connectivity index (χ0) is 5.54. The van der Waals surface area contributed by atoms with Crippen molar-refractivity contribution in [1.82, 2.24) is 5.32 Å². The molecule has 0 fully saturated rings. The summed E-state index contributed by atoms with van der Waals surface area (Å²) in [6.45, 7) is 4.29. The van der Waals surface area contributed by atoms with E-state index in [1.807, 2.05) is 6.92 Å². The molecule has 0 aliphatic heterocycles. The third kappa shape index (κ3) is 5.43. The Labute approximate surface area is 42.7 Å². The van der Waals surface area contributed by atoms with Crippen LogP contribution in [0.5, 0.6) is 0 Å². The Bertz CT molecular complexity index is 47.0. The van der Waals surface area contributed by atoms with Crippen molar-refractivity contribution in [3.63, 3.8) is 0 Å². The summed E-state index contributed by atoms with van der Waals surface area (Å²) in [6.07, 6.45) is 0. The first kappa shape index (κ1) is 6.43. The summed E-state index contributed by atoms with van der Waals surface area (Å²) < 4.78 is 4.16. The fourth-order valence-corrected chi connectivity index (χ4v) is 0.183. The Kier molecular flexibility index (Phi) is 4.99. The predicted octanol–water partition coefficient (Wildman–Crippen LogP) is -0.363. The minimum absolute atomic E-state index is 0.264. The highest BCUT2D eigenvalue weighted by molar-refractivity contribution is 5.37. The molecule has 0 heterocycles. The number of rotatable bonds is 4. The fraction of sp³-hybridized carbons (Fsp3) is 0.750. The maximum Gasteiger partial charge on any atom is 0.418 e. The van der Waals surface area contributed by atoms with E-state index in [1.54, 1.807) is 0 Å². The minimum atomic E-state index is 0.264. The Morgan fingerprint density at radius 1 is 1.86 bits per heavy atom. The SMILES string of the molecule is CCNCO[C]=O. The summed E-state index contributed by atoms with van der Waals surface area (Å²) >= 11 is 0. The van der Waals surface area contributed by atoms with Gasteiger partial charge in [0.25, 0.3) is 0 Å². The van der Waals surface area contributed by atoms with E-state index in [4.69, 9.17) is 0 Å². The van der Waals surface area contributed by atoms with E-state index < -0.39 is 0 Å². The lowest BCUT2D eigenvalue weighted by Gasteiger charge is -1.93. The molecule has 0 saturated carbocycles. The van der Waals surface area contributed by atoms with Crippen LogP contribution < -0.4 is 5.32 Å². The number of ether oxygens (including phenoxy) is 1. The summed E-state index contributed by atoms with van der Waals surface area (Å²) in [7, 11) is 0. The third-order valence-corrected chi connectivity index (χ3v) is 0.483. The summed E-state index contributed by atoms with van der Waals surface area (Å²) in [6, 6.07) is 0. The van der Waals surface area contributed by atoms with Crippen LogP contribution in [-0.4, -0.2) is 19.7 Å². The molecule has 0 unspecified atom stereocenters. The van der Waals surface area contributed by atoms with Crippen LogP contribution in [0.25, 0.3) is 0 Å². The molecule has 0 aromatic heterocycles. The van der Waals surface area contributed by atoms with E-state index in [0.29, 0.717) is 0 Å². The van der Waals surface area contributed by atoms with Gasteiger partial charge in [0.05, 0.1) is 0 Å². The predicted molar refractivity (Wildman–Crippen MR) is 25.3 cm³/mol. The van der Waals surface area contributed by atoms with Gasteiger partial charge < -0.3 is 4.74 Å². The zero-order valence-corrected chi connectivity index (χ0v) is 4.23. The summed E-state index contributed by atoms with van der Waals surface area (Å²) in [4.78, 5) is 9.29. The smallest absolute Gasteiger partial charge is 0.418 e. The molecule has 1 N–H and O–H groups in total. The maximum atomic E-state index is 9.29. The first-order valence-electron chi connectivity index (χ1n) is 2.11. The molecule has 0 spiro atoms. The molecule has 0 atom stereocenters. The molecule has 0 amide bonds. The molecule has 0 aromatic carbocycles. The van der Waals surface area contributed by atoms with Crippen molar-refractivity contribution >= 4 is 6.47 Å². The van der Waals surface area contributed by atoms with Gasteiger partial charge in [-0.15, -0.1) is 0 Å². The Morgan fingerprint density at radius 3 is 3.00 bits per heavy atom. The number of hydrogen-bond donors (Lipinski definition) is 1. The minimum Gasteiger partial charge on any atom is -0.441 e. The Hall–Kier alpha value is -0.570. The Balaban J connectivity index is 2.56. The van der Waals surface area contributed by atoms with Gasteiger partial charge in [-0.05, 0) is 6.54 Å². The molecule has 7 heavy (non-hydrogen) atoms. The molecule has 0 saturated heterocycles. The number of hydrogen-bond acceptors (Lipinski definition) is 3. The molecule has 41 valence electrons. The average Bonchev–Trinajstić information content (AvgIpc) is 1.69. The summed E-state index contributed by atoms with van der Waals surface area (Å²) in [5.41, 5.74) is 0. The van der Waals surface area contributed by atoms with Crippen LogP contribution in [0.3, 0.4) is 0 Å². The molecule has 3 nitrogen and oxygen atoms in total. The zero-order valence-electron chi connectivity index (χ0n) is 4.23. The molecule has 0 aromatic rings. The first-order valence-corrected chi connectivity index (χ1v) is 2.11. The molecule has 0 aliphatic carbocycles. The van der Waals surface area contributed by atoms with Crippen molar-refractivity contribution in [2.75, 3.05) is 13.3 Å². The van der Waals surface area contributed by atoms with Crippen LogP contribution in [0, 0.1) is 0 Å². The van der Waals surface area contributed by atoms with Crippen molar-refractivity contribution < 1.29 is 9.53 Å². The van der Waals surface area contributed by atoms with Crippen molar-refractivity contribution in [2.45, 2.75) is 6.92 Å². The highest BCUT2D eigenvalue weighted by Gasteiger charge is 1.76. The van der Waals surface area contributed by atoms with Crippen molar-refractivity contribution in [3.05, 3.63) is 0 Å². The van der Waals surface area contributed by atoms with Gasteiger partial charge in [-0.1, -0.05) is 6.92 Å². The van der Waals surface area contributed by atoms with Gasteiger partial charge in [-0.25, -0.2) is 4.79 Å². The van der Waals surface area contributed by atoms with Gasteiger partial charge in [0.2, 0.25) is 0 Å². The van der Waals surface area contributed by atoms with E-state index in [1.165, 1.54) is 6.47 Å². The fourth-order valence-electron chi connectivity index (χ4n) is 0.183. The molecule has 0 aliphatic rings. The highest BCUT2D eigenvalue weighted by Crippen LogP contribution is 1.57. The van der Waals surface area contributed by atoms with E-state index in [0.717, 1.165) is 6.54 Å². The van der Waals surface area contributed by atoms with Crippen molar-refractivity contribution in [1.29, 1.82) is 0 Å². The maximum absolute atomic E-state index is 9.29. The van der Waals surface area contributed by atoms with Gasteiger partial charge in [0.1, 0.15) is 6.73 Å². The van der Waals surface area contributed by atoms with Gasteiger partial charge in [0.15, 0.2) is 0 Å². The van der Waals surface area contributed by atoms with Crippen molar-refractivity contribution in [2.24, 2.45) is 0 Å². The van der Waals surface area contributed by atoms with Crippen molar-refractivity contribution in [3.8, 4) is 0 Å². The van der Waals surface area contributed by atoms with E-state index >= 15 is 0 Å². The quantitative estimate of drug-likeness (QED) is 0.389. The van der Waals surface area contributed by atoms with Crippen LogP contribution >= 0.6 is 0 Å². The van der Waals surface area contributed by atoms with Gasteiger partial charge >= 0.3 is 6.47 Å². The standard InChI is InChI=1S/C4H8NO2/c1-2-5-3-7-4-6/h5H,2-3H2,1H3. The highest BCUT2D eigenvalue weighted by atomic mass is 16.5. The molecule has 0 rings (SSSR count). The monoisotopic (exact) mass is 102 g/mol. The second-order valence-electron chi connectivity index (χ2n) is 0.976. The lowest BCUT2D eigenvalue weighted by atomic mass is 10.8. The van der Waals surface area contributed by atoms with E-state index in [-0.39, 0.29) is 6.73 Å². The summed E-state index contributed by atoms with van der Waals surface area (Å²) in [5, 5.41) is 2.76. The third-order valence-electron chi connectivity index (χ3n) is 0.483. The normalized spacial score (nSPS) is 8.14. The second kappa shape index (κ2) is 5.43. The average molecular weight is 102 g/mol. The van der Waals surface area contributed by atoms with Crippen LogP contribution in [0.4, 0.5) is 0 Å². The number of nitrogens with one attached hydrogen (secondary N) is 1. The number of carbonyl (C=O) groups excluding carboxylic acids is 1. The van der Waals surface area contributed by atoms with Crippen LogP contribution in [0.15, 0.2) is 0 Å². The second-order valence-corrected chi connectivity index (χ2v) is 0.976. The first-order chi connectivity index (χ1) is 3.41. The molecule has 1 radical (unpaired) electrons. The van der Waals surface area contributed by atoms with Gasteiger partial charge in [-0.2, -0.15) is 0 Å². The Morgan fingerprint density at radius 2 is 2.57 bits per heavy atom. The van der Waals surface area contributed by atoms with Crippen LogP contribution in [0.2, 0.25) is 0 Å². The largest absolute Gasteiger partial charge is 0.441 e. The molecular formula is C4H8NO2. The van der Waals surface area contributed by atoms with Gasteiger partial charge in [-0.3, -0.25) is 5.32 Å². The van der Waals surface area contributed by atoms with Crippen LogP contribution in [0.1, 0.15) is 6.92 Å². The molecule has 0 bridgehead atoms. The molecule has 3 heteroatoms. The van der Waals surface area contributed by atoms with E-state index in [2.05, 4.69) is 10.1 Å². The summed E-state index contributed by atoms with van der Waals surface area (Å²) in [5.74, 6) is 0. The van der Waals surface area contributed by atoms with Gasteiger partial charge in [0, 0.05) is 0 Å². The topological polar surface area (TPSA) is 38.3 Å². The van der Waals surface area contributed by atoms with E-state index in [9.17, 15) is 4.79 Å². The lowest BCUT2D eigenvalue weighted by molar-refractivity contribution is 0.254.